The fraction of sp³-hybridized carbons (Fsp3) is 0.933. The molecule has 0 bridgehead atoms. The second-order valence-electron chi connectivity index (χ2n) is 5.29. The molecule has 0 saturated heterocycles. The number of hydrogen-bond donors (Lipinski definition) is 0. The number of rotatable bonds is 7. The maximum atomic E-state index is 11.7. The summed E-state index contributed by atoms with van der Waals surface area (Å²) in [6.45, 7) is 4.29. The molecule has 0 heterocycles. The lowest BCUT2D eigenvalue weighted by molar-refractivity contribution is -0.152. The summed E-state index contributed by atoms with van der Waals surface area (Å²) in [6.07, 6.45) is 11.5. The highest BCUT2D eigenvalue weighted by molar-refractivity contribution is 5.69. The predicted octanol–water partition coefficient (Wildman–Crippen LogP) is 4.47. The van der Waals surface area contributed by atoms with Crippen LogP contribution in [0.1, 0.15) is 78.1 Å². The first-order valence-electron chi connectivity index (χ1n) is 7.47. The van der Waals surface area contributed by atoms with Crippen molar-refractivity contribution in [1.82, 2.24) is 0 Å². The standard InChI is InChI=1S/C15H28O2/c1-3-5-7-12-15(16)17-14(4-2)13-10-8-6-9-11-13/h13-14H,3-12H2,1-2H3. The van der Waals surface area contributed by atoms with Gasteiger partial charge in [-0.1, -0.05) is 46.0 Å². The van der Waals surface area contributed by atoms with Gasteiger partial charge in [-0.3, -0.25) is 4.79 Å². The van der Waals surface area contributed by atoms with Crippen LogP contribution in [0.3, 0.4) is 0 Å². The number of unbranched alkanes of at least 4 members (excludes halogenated alkanes) is 2. The van der Waals surface area contributed by atoms with Gasteiger partial charge in [-0.2, -0.15) is 0 Å². The molecule has 1 atom stereocenters. The van der Waals surface area contributed by atoms with Gasteiger partial charge in [0.2, 0.25) is 0 Å². The molecule has 1 aliphatic carbocycles. The number of hydrogen-bond acceptors (Lipinski definition) is 2. The van der Waals surface area contributed by atoms with Crippen LogP contribution in [0.25, 0.3) is 0 Å². The van der Waals surface area contributed by atoms with Gasteiger partial charge in [-0.15, -0.1) is 0 Å². The van der Waals surface area contributed by atoms with Gasteiger partial charge in [0, 0.05) is 6.42 Å². The summed E-state index contributed by atoms with van der Waals surface area (Å²) in [5.41, 5.74) is 0. The minimum absolute atomic E-state index is 0.0240. The first-order valence-corrected chi connectivity index (χ1v) is 7.47. The highest BCUT2D eigenvalue weighted by atomic mass is 16.5. The molecule has 1 fully saturated rings. The second kappa shape index (κ2) is 8.54. The summed E-state index contributed by atoms with van der Waals surface area (Å²) >= 11 is 0. The van der Waals surface area contributed by atoms with E-state index in [9.17, 15) is 4.79 Å². The van der Waals surface area contributed by atoms with Crippen molar-refractivity contribution >= 4 is 5.97 Å². The van der Waals surface area contributed by atoms with Crippen molar-refractivity contribution in [3.63, 3.8) is 0 Å². The van der Waals surface area contributed by atoms with Crippen molar-refractivity contribution in [2.24, 2.45) is 5.92 Å². The fourth-order valence-corrected chi connectivity index (χ4v) is 2.77. The van der Waals surface area contributed by atoms with Crippen molar-refractivity contribution in [2.75, 3.05) is 0 Å². The van der Waals surface area contributed by atoms with Gasteiger partial charge in [-0.05, 0) is 31.6 Å². The van der Waals surface area contributed by atoms with Gasteiger partial charge in [0.15, 0.2) is 0 Å². The smallest absolute Gasteiger partial charge is 0.306 e. The van der Waals surface area contributed by atoms with Crippen molar-refractivity contribution in [3.05, 3.63) is 0 Å². The second-order valence-corrected chi connectivity index (χ2v) is 5.29. The van der Waals surface area contributed by atoms with Crippen LogP contribution in [0.4, 0.5) is 0 Å². The van der Waals surface area contributed by atoms with E-state index in [0.29, 0.717) is 12.3 Å². The summed E-state index contributed by atoms with van der Waals surface area (Å²) in [7, 11) is 0. The first-order chi connectivity index (χ1) is 8.27. The third kappa shape index (κ3) is 5.56. The van der Waals surface area contributed by atoms with Crippen molar-refractivity contribution in [3.8, 4) is 0 Å². The molecule has 2 nitrogen and oxygen atoms in total. The molecule has 1 aliphatic rings. The predicted molar refractivity (Wildman–Crippen MR) is 70.9 cm³/mol. The van der Waals surface area contributed by atoms with Crippen molar-refractivity contribution < 1.29 is 9.53 Å². The number of carbonyl (C=O) groups is 1. The van der Waals surface area contributed by atoms with Crippen LogP contribution in [0.15, 0.2) is 0 Å². The molecule has 0 radical (unpaired) electrons. The van der Waals surface area contributed by atoms with Gasteiger partial charge >= 0.3 is 5.97 Å². The molecule has 17 heavy (non-hydrogen) atoms. The largest absolute Gasteiger partial charge is 0.462 e. The average Bonchev–Trinajstić information content (AvgIpc) is 2.37. The Bertz CT molecular complexity index is 207. The number of ether oxygens (including phenoxy) is 1. The molecular weight excluding hydrogens is 212 g/mol. The van der Waals surface area contributed by atoms with E-state index in [1.165, 1.54) is 32.1 Å². The zero-order valence-electron chi connectivity index (χ0n) is 11.5. The Hall–Kier alpha value is -0.530. The van der Waals surface area contributed by atoms with E-state index >= 15 is 0 Å². The highest BCUT2D eigenvalue weighted by Gasteiger charge is 2.25. The van der Waals surface area contributed by atoms with E-state index in [1.54, 1.807) is 0 Å². The molecule has 0 aromatic heterocycles. The molecule has 0 aromatic rings. The molecule has 0 aliphatic heterocycles. The Labute approximate surface area is 106 Å². The Morgan fingerprint density at radius 3 is 2.47 bits per heavy atom. The Morgan fingerprint density at radius 2 is 1.88 bits per heavy atom. The minimum atomic E-state index is 0.0240. The SMILES string of the molecule is CCCCCC(=O)OC(CC)C1CCCCC1. The van der Waals surface area contributed by atoms with E-state index in [2.05, 4.69) is 13.8 Å². The van der Waals surface area contributed by atoms with Crippen LogP contribution in [-0.2, 0) is 9.53 Å². The molecule has 2 heteroatoms. The van der Waals surface area contributed by atoms with Crippen LogP contribution in [-0.4, -0.2) is 12.1 Å². The number of esters is 1. The van der Waals surface area contributed by atoms with Gasteiger partial charge in [-0.25, -0.2) is 0 Å². The molecule has 0 aromatic carbocycles. The molecule has 0 spiro atoms. The van der Waals surface area contributed by atoms with E-state index < -0.39 is 0 Å². The van der Waals surface area contributed by atoms with Crippen LogP contribution in [0, 0.1) is 5.92 Å². The Balaban J connectivity index is 2.27. The summed E-state index contributed by atoms with van der Waals surface area (Å²) in [4.78, 5) is 11.7. The van der Waals surface area contributed by atoms with Gasteiger partial charge in [0.05, 0.1) is 0 Å². The third-order valence-corrected chi connectivity index (χ3v) is 3.85. The lowest BCUT2D eigenvalue weighted by atomic mass is 9.84. The maximum Gasteiger partial charge on any atom is 0.306 e. The summed E-state index contributed by atoms with van der Waals surface area (Å²) in [5.74, 6) is 0.653. The van der Waals surface area contributed by atoms with Crippen LogP contribution < -0.4 is 0 Å². The highest BCUT2D eigenvalue weighted by Crippen LogP contribution is 2.29. The molecule has 0 N–H and O–H groups in total. The van der Waals surface area contributed by atoms with Gasteiger partial charge < -0.3 is 4.74 Å². The summed E-state index contributed by atoms with van der Waals surface area (Å²) in [6, 6.07) is 0. The summed E-state index contributed by atoms with van der Waals surface area (Å²) < 4.78 is 5.65. The lowest BCUT2D eigenvalue weighted by Gasteiger charge is -2.29. The quantitative estimate of drug-likeness (QED) is 0.485. The maximum absolute atomic E-state index is 11.7. The third-order valence-electron chi connectivity index (χ3n) is 3.85. The molecule has 0 amide bonds. The van der Waals surface area contributed by atoms with Crippen LogP contribution >= 0.6 is 0 Å². The van der Waals surface area contributed by atoms with Gasteiger partial charge in [0.25, 0.3) is 0 Å². The molecule has 1 rings (SSSR count). The Morgan fingerprint density at radius 1 is 1.18 bits per heavy atom. The van der Waals surface area contributed by atoms with E-state index in [1.807, 2.05) is 0 Å². The van der Waals surface area contributed by atoms with Crippen LogP contribution in [0.5, 0.6) is 0 Å². The average molecular weight is 240 g/mol. The van der Waals surface area contributed by atoms with Crippen molar-refractivity contribution in [2.45, 2.75) is 84.2 Å². The fourth-order valence-electron chi connectivity index (χ4n) is 2.77. The lowest BCUT2D eigenvalue weighted by Crippen LogP contribution is -2.28. The van der Waals surface area contributed by atoms with E-state index in [-0.39, 0.29) is 12.1 Å². The van der Waals surface area contributed by atoms with Gasteiger partial charge in [0.1, 0.15) is 6.10 Å². The summed E-state index contributed by atoms with van der Waals surface area (Å²) in [5, 5.41) is 0. The zero-order chi connectivity index (χ0) is 12.5. The first kappa shape index (κ1) is 14.5. The molecule has 100 valence electrons. The monoisotopic (exact) mass is 240 g/mol. The normalized spacial score (nSPS) is 18.9. The minimum Gasteiger partial charge on any atom is -0.462 e. The van der Waals surface area contributed by atoms with Crippen LogP contribution in [0.2, 0.25) is 0 Å². The van der Waals surface area contributed by atoms with E-state index in [0.717, 1.165) is 25.7 Å². The van der Waals surface area contributed by atoms with E-state index in [4.69, 9.17) is 4.74 Å². The molecule has 1 unspecified atom stereocenters. The van der Waals surface area contributed by atoms with Crippen molar-refractivity contribution in [1.29, 1.82) is 0 Å². The Kier molecular flexibility index (Phi) is 7.30. The molecule has 1 saturated carbocycles. The zero-order valence-corrected chi connectivity index (χ0v) is 11.5. The number of carbonyl (C=O) groups excluding carboxylic acids is 1. The molecular formula is C15H28O2. The topological polar surface area (TPSA) is 26.3 Å².